The second-order valence-corrected chi connectivity index (χ2v) is 5.51. The maximum Gasteiger partial charge on any atom is 0.255 e. The number of methoxy groups -OCH3 is 1. The molecule has 0 spiro atoms. The van der Waals surface area contributed by atoms with Gasteiger partial charge < -0.3 is 15.8 Å². The summed E-state index contributed by atoms with van der Waals surface area (Å²) in [5.74, 6) is 0.461. The molecule has 0 bridgehead atoms. The van der Waals surface area contributed by atoms with Gasteiger partial charge in [-0.05, 0) is 31.0 Å². The van der Waals surface area contributed by atoms with E-state index >= 15 is 0 Å². The highest BCUT2D eigenvalue weighted by atomic mass is 35.5. The number of hydrogen-bond donors (Lipinski definition) is 2. The quantitative estimate of drug-likeness (QED) is 0.873. The lowest BCUT2D eigenvalue weighted by Crippen LogP contribution is -2.55. The van der Waals surface area contributed by atoms with Crippen LogP contribution in [0.2, 0.25) is 5.02 Å². The maximum atomic E-state index is 12.3. The molecule has 5 heteroatoms. The number of carbonyl (C=O) groups is 1. The van der Waals surface area contributed by atoms with E-state index in [1.54, 1.807) is 18.2 Å². The first kappa shape index (κ1) is 15.8. The number of hydrogen-bond acceptors (Lipinski definition) is 3. The Morgan fingerprint density at radius 2 is 2.16 bits per heavy atom. The van der Waals surface area contributed by atoms with Gasteiger partial charge in [-0.3, -0.25) is 4.79 Å². The van der Waals surface area contributed by atoms with E-state index in [1.165, 1.54) is 7.11 Å². The molecule has 106 valence electrons. The molecule has 0 heterocycles. The number of amides is 1. The van der Waals surface area contributed by atoms with Gasteiger partial charge in [0.2, 0.25) is 0 Å². The molecular formula is C14H21ClN2O2. The zero-order chi connectivity index (χ0) is 14.6. The molecule has 0 radical (unpaired) electrons. The number of halogens is 1. The van der Waals surface area contributed by atoms with Crippen LogP contribution in [0, 0.1) is 5.92 Å². The summed E-state index contributed by atoms with van der Waals surface area (Å²) in [6.07, 6.45) is 0. The molecule has 0 saturated carbocycles. The Morgan fingerprint density at radius 1 is 1.53 bits per heavy atom. The summed E-state index contributed by atoms with van der Waals surface area (Å²) in [6.45, 7) is 6.34. The average molecular weight is 285 g/mol. The lowest BCUT2D eigenvalue weighted by molar-refractivity contribution is 0.0880. The van der Waals surface area contributed by atoms with E-state index in [1.807, 2.05) is 20.8 Å². The Kier molecular flexibility index (Phi) is 5.20. The van der Waals surface area contributed by atoms with Crippen LogP contribution >= 0.6 is 11.6 Å². The number of nitrogens with one attached hydrogen (secondary N) is 1. The Labute approximate surface area is 119 Å². The standard InChI is InChI=1S/C14H21ClN2O2/c1-9(2)14(3,8-16)17-13(18)11-6-5-10(15)7-12(11)19-4/h5-7,9H,8,16H2,1-4H3,(H,17,18). The Morgan fingerprint density at radius 3 is 2.63 bits per heavy atom. The lowest BCUT2D eigenvalue weighted by Gasteiger charge is -2.33. The minimum Gasteiger partial charge on any atom is -0.496 e. The predicted molar refractivity (Wildman–Crippen MR) is 77.8 cm³/mol. The third-order valence-corrected chi connectivity index (χ3v) is 3.74. The van der Waals surface area contributed by atoms with Crippen LogP contribution in [-0.2, 0) is 0 Å². The van der Waals surface area contributed by atoms with Gasteiger partial charge in [-0.1, -0.05) is 25.4 Å². The highest BCUT2D eigenvalue weighted by Gasteiger charge is 2.29. The van der Waals surface area contributed by atoms with Gasteiger partial charge in [0.25, 0.3) is 5.91 Å². The van der Waals surface area contributed by atoms with Crippen molar-refractivity contribution in [2.75, 3.05) is 13.7 Å². The van der Waals surface area contributed by atoms with Gasteiger partial charge in [0.05, 0.1) is 18.2 Å². The molecule has 1 atom stereocenters. The second kappa shape index (κ2) is 6.26. The first-order valence-corrected chi connectivity index (χ1v) is 6.58. The van der Waals surface area contributed by atoms with E-state index < -0.39 is 5.54 Å². The van der Waals surface area contributed by atoms with Crippen molar-refractivity contribution in [2.24, 2.45) is 11.7 Å². The van der Waals surface area contributed by atoms with Gasteiger partial charge in [0, 0.05) is 11.6 Å². The highest BCUT2D eigenvalue weighted by Crippen LogP contribution is 2.24. The number of rotatable bonds is 5. The summed E-state index contributed by atoms with van der Waals surface area (Å²) in [6, 6.07) is 4.92. The molecule has 0 aromatic heterocycles. The van der Waals surface area contributed by atoms with E-state index in [0.29, 0.717) is 22.9 Å². The molecule has 0 aliphatic heterocycles. The molecule has 3 N–H and O–H groups in total. The van der Waals surface area contributed by atoms with Crippen molar-refractivity contribution in [3.05, 3.63) is 28.8 Å². The number of nitrogens with two attached hydrogens (primary N) is 1. The maximum absolute atomic E-state index is 12.3. The topological polar surface area (TPSA) is 64.3 Å². The third kappa shape index (κ3) is 3.61. The van der Waals surface area contributed by atoms with E-state index in [-0.39, 0.29) is 11.8 Å². The van der Waals surface area contributed by atoms with E-state index in [4.69, 9.17) is 22.1 Å². The van der Waals surface area contributed by atoms with Crippen LogP contribution in [0.15, 0.2) is 18.2 Å². The smallest absolute Gasteiger partial charge is 0.255 e. The molecule has 0 saturated heterocycles. The Balaban J connectivity index is 3.01. The molecular weight excluding hydrogens is 264 g/mol. The summed E-state index contributed by atoms with van der Waals surface area (Å²) in [5.41, 5.74) is 5.76. The Bertz CT molecular complexity index is 463. The number of carbonyl (C=O) groups excluding carboxylic acids is 1. The van der Waals surface area contributed by atoms with Gasteiger partial charge >= 0.3 is 0 Å². The fourth-order valence-electron chi connectivity index (χ4n) is 1.61. The van der Waals surface area contributed by atoms with Crippen molar-refractivity contribution >= 4 is 17.5 Å². The van der Waals surface area contributed by atoms with Crippen LogP contribution in [-0.4, -0.2) is 25.1 Å². The predicted octanol–water partition coefficient (Wildman–Crippen LogP) is 2.45. The van der Waals surface area contributed by atoms with Gasteiger partial charge in [-0.25, -0.2) is 0 Å². The van der Waals surface area contributed by atoms with Crippen molar-refractivity contribution in [1.29, 1.82) is 0 Å². The van der Waals surface area contributed by atoms with E-state index in [0.717, 1.165) is 0 Å². The number of benzene rings is 1. The molecule has 1 rings (SSSR count). The van der Waals surface area contributed by atoms with Crippen LogP contribution in [0.1, 0.15) is 31.1 Å². The van der Waals surface area contributed by atoms with Gasteiger partial charge in [-0.15, -0.1) is 0 Å². The zero-order valence-corrected chi connectivity index (χ0v) is 12.5. The monoisotopic (exact) mass is 284 g/mol. The molecule has 1 amide bonds. The minimum absolute atomic E-state index is 0.213. The van der Waals surface area contributed by atoms with E-state index in [2.05, 4.69) is 5.32 Å². The summed E-state index contributed by atoms with van der Waals surface area (Å²) in [5, 5.41) is 3.49. The molecule has 0 aliphatic rings. The van der Waals surface area contributed by atoms with Crippen molar-refractivity contribution < 1.29 is 9.53 Å². The first-order chi connectivity index (χ1) is 8.84. The molecule has 1 aromatic carbocycles. The van der Waals surface area contributed by atoms with E-state index in [9.17, 15) is 4.79 Å². The fourth-order valence-corrected chi connectivity index (χ4v) is 1.77. The van der Waals surface area contributed by atoms with Crippen LogP contribution in [0.25, 0.3) is 0 Å². The van der Waals surface area contributed by atoms with Crippen LogP contribution in [0.4, 0.5) is 0 Å². The zero-order valence-electron chi connectivity index (χ0n) is 11.8. The van der Waals surface area contributed by atoms with Gasteiger partial charge in [-0.2, -0.15) is 0 Å². The summed E-state index contributed by atoms with van der Waals surface area (Å²) in [7, 11) is 1.51. The lowest BCUT2D eigenvalue weighted by atomic mass is 9.88. The van der Waals surface area contributed by atoms with Crippen molar-refractivity contribution in [3.63, 3.8) is 0 Å². The van der Waals surface area contributed by atoms with Gasteiger partial charge in [0.1, 0.15) is 5.75 Å². The normalized spacial score (nSPS) is 14.1. The summed E-state index contributed by atoms with van der Waals surface area (Å²) < 4.78 is 5.18. The molecule has 1 aromatic rings. The molecule has 19 heavy (non-hydrogen) atoms. The highest BCUT2D eigenvalue weighted by molar-refractivity contribution is 6.30. The largest absolute Gasteiger partial charge is 0.496 e. The Hall–Kier alpha value is -1.26. The van der Waals surface area contributed by atoms with Crippen molar-refractivity contribution in [2.45, 2.75) is 26.3 Å². The second-order valence-electron chi connectivity index (χ2n) is 5.08. The molecule has 0 fully saturated rings. The summed E-state index contributed by atoms with van der Waals surface area (Å²) in [4.78, 5) is 12.3. The van der Waals surface area contributed by atoms with Crippen LogP contribution in [0.5, 0.6) is 5.75 Å². The van der Waals surface area contributed by atoms with Crippen molar-refractivity contribution in [3.8, 4) is 5.75 Å². The molecule has 4 nitrogen and oxygen atoms in total. The first-order valence-electron chi connectivity index (χ1n) is 6.20. The minimum atomic E-state index is -0.457. The number of ether oxygens (including phenoxy) is 1. The SMILES string of the molecule is COc1cc(Cl)ccc1C(=O)NC(C)(CN)C(C)C. The van der Waals surface area contributed by atoms with Crippen molar-refractivity contribution in [1.82, 2.24) is 5.32 Å². The fraction of sp³-hybridized carbons (Fsp3) is 0.500. The third-order valence-electron chi connectivity index (χ3n) is 3.51. The van der Waals surface area contributed by atoms with Crippen LogP contribution < -0.4 is 15.8 Å². The molecule has 1 unspecified atom stereocenters. The molecule has 0 aliphatic carbocycles. The van der Waals surface area contributed by atoms with Gasteiger partial charge in [0.15, 0.2) is 0 Å². The summed E-state index contributed by atoms with van der Waals surface area (Å²) >= 11 is 5.88. The average Bonchev–Trinajstić information content (AvgIpc) is 2.37. The van der Waals surface area contributed by atoms with Crippen LogP contribution in [0.3, 0.4) is 0 Å².